The Balaban J connectivity index is 1.69. The van der Waals surface area contributed by atoms with Crippen molar-refractivity contribution in [1.82, 2.24) is 19.1 Å². The van der Waals surface area contributed by atoms with E-state index in [1.807, 2.05) is 80.6 Å². The van der Waals surface area contributed by atoms with E-state index in [0.717, 1.165) is 11.4 Å². The highest BCUT2D eigenvalue weighted by molar-refractivity contribution is 6.10. The second-order valence-electron chi connectivity index (χ2n) is 7.89. The summed E-state index contributed by atoms with van der Waals surface area (Å²) >= 11 is 0. The first kappa shape index (κ1) is 22.6. The first-order valence-corrected chi connectivity index (χ1v) is 10.7. The SMILES string of the molecule is Cc1nn(-c2ccccc2)c(C)c1/C=C(\C#N)C(=O)Nc1c(C)n(C)n(-c2ccccc2)c1=O. The van der Waals surface area contributed by atoms with Crippen LogP contribution in [0.25, 0.3) is 17.5 Å². The Hall–Kier alpha value is -4.64. The molecule has 4 rings (SSSR count). The van der Waals surface area contributed by atoms with E-state index in [1.54, 1.807) is 23.3 Å². The minimum absolute atomic E-state index is 0.118. The number of hydrogen-bond acceptors (Lipinski definition) is 4. The van der Waals surface area contributed by atoms with Gasteiger partial charge in [-0.3, -0.25) is 14.3 Å². The molecule has 0 atom stereocenters. The van der Waals surface area contributed by atoms with Gasteiger partial charge in [-0.05, 0) is 51.1 Å². The predicted octanol–water partition coefficient (Wildman–Crippen LogP) is 3.83. The van der Waals surface area contributed by atoms with Crippen LogP contribution in [0.15, 0.2) is 71.0 Å². The van der Waals surface area contributed by atoms with Crippen LogP contribution in [0.4, 0.5) is 5.69 Å². The molecule has 0 aliphatic heterocycles. The van der Waals surface area contributed by atoms with E-state index in [2.05, 4.69) is 10.4 Å². The molecule has 2 heterocycles. The summed E-state index contributed by atoms with van der Waals surface area (Å²) in [7, 11) is 1.74. The van der Waals surface area contributed by atoms with Crippen LogP contribution in [0.5, 0.6) is 0 Å². The van der Waals surface area contributed by atoms with Gasteiger partial charge in [-0.1, -0.05) is 36.4 Å². The van der Waals surface area contributed by atoms with E-state index in [-0.39, 0.29) is 16.8 Å². The highest BCUT2D eigenvalue weighted by Crippen LogP contribution is 2.21. The molecule has 2 aromatic heterocycles. The Kier molecular flexibility index (Phi) is 6.02. The van der Waals surface area contributed by atoms with Crippen LogP contribution in [0.2, 0.25) is 0 Å². The maximum Gasteiger partial charge on any atom is 0.295 e. The molecule has 34 heavy (non-hydrogen) atoms. The van der Waals surface area contributed by atoms with Gasteiger partial charge in [0.05, 0.1) is 22.8 Å². The summed E-state index contributed by atoms with van der Waals surface area (Å²) in [5.74, 6) is -0.653. The van der Waals surface area contributed by atoms with Gasteiger partial charge in [-0.25, -0.2) is 9.36 Å². The van der Waals surface area contributed by atoms with Crippen molar-refractivity contribution in [2.75, 3.05) is 5.32 Å². The van der Waals surface area contributed by atoms with Gasteiger partial charge in [-0.15, -0.1) is 0 Å². The van der Waals surface area contributed by atoms with Crippen LogP contribution in [-0.2, 0) is 11.8 Å². The molecule has 0 aliphatic carbocycles. The van der Waals surface area contributed by atoms with Gasteiger partial charge in [0.15, 0.2) is 0 Å². The van der Waals surface area contributed by atoms with Crippen molar-refractivity contribution in [3.8, 4) is 17.4 Å². The molecular weight excluding hydrogens is 428 g/mol. The van der Waals surface area contributed by atoms with Gasteiger partial charge < -0.3 is 5.32 Å². The summed E-state index contributed by atoms with van der Waals surface area (Å²) in [6.45, 7) is 5.45. The lowest BCUT2D eigenvalue weighted by Crippen LogP contribution is -2.23. The van der Waals surface area contributed by atoms with Crippen molar-refractivity contribution in [3.05, 3.63) is 99.2 Å². The second kappa shape index (κ2) is 9.08. The smallest absolute Gasteiger partial charge is 0.295 e. The second-order valence-corrected chi connectivity index (χ2v) is 7.89. The summed E-state index contributed by atoms with van der Waals surface area (Å²) in [6, 6.07) is 20.7. The molecular formula is C26H24N6O2. The molecule has 1 amide bonds. The van der Waals surface area contributed by atoms with Gasteiger partial charge >= 0.3 is 0 Å². The number of aryl methyl sites for hydroxylation is 1. The van der Waals surface area contributed by atoms with Crippen molar-refractivity contribution in [1.29, 1.82) is 5.26 Å². The van der Waals surface area contributed by atoms with Crippen molar-refractivity contribution in [3.63, 3.8) is 0 Å². The highest BCUT2D eigenvalue weighted by Gasteiger charge is 2.21. The minimum atomic E-state index is -0.653. The van der Waals surface area contributed by atoms with E-state index in [4.69, 9.17) is 0 Å². The fourth-order valence-corrected chi connectivity index (χ4v) is 3.87. The molecule has 0 unspecified atom stereocenters. The fraction of sp³-hybridized carbons (Fsp3) is 0.154. The number of para-hydroxylation sites is 2. The van der Waals surface area contributed by atoms with E-state index in [9.17, 15) is 14.9 Å². The number of aromatic nitrogens is 4. The maximum absolute atomic E-state index is 13.1. The molecule has 0 radical (unpaired) electrons. The molecule has 8 nitrogen and oxygen atoms in total. The molecule has 0 aliphatic rings. The first-order chi connectivity index (χ1) is 16.3. The predicted molar refractivity (Wildman–Crippen MR) is 131 cm³/mol. The van der Waals surface area contributed by atoms with E-state index in [0.29, 0.717) is 22.6 Å². The summed E-state index contributed by atoms with van der Waals surface area (Å²) in [6.07, 6.45) is 1.51. The molecule has 1 N–H and O–H groups in total. The number of hydrogen-bond donors (Lipinski definition) is 1. The van der Waals surface area contributed by atoms with Crippen LogP contribution < -0.4 is 10.9 Å². The zero-order chi connectivity index (χ0) is 24.4. The van der Waals surface area contributed by atoms with Crippen molar-refractivity contribution < 1.29 is 4.79 Å². The van der Waals surface area contributed by atoms with Gasteiger partial charge in [0.25, 0.3) is 11.5 Å². The van der Waals surface area contributed by atoms with Crippen molar-refractivity contribution >= 4 is 17.7 Å². The van der Waals surface area contributed by atoms with Crippen LogP contribution in [0, 0.1) is 32.1 Å². The summed E-state index contributed by atoms with van der Waals surface area (Å²) in [5.41, 5.74) is 3.93. The lowest BCUT2D eigenvalue weighted by molar-refractivity contribution is -0.112. The van der Waals surface area contributed by atoms with Crippen LogP contribution in [0.1, 0.15) is 22.6 Å². The third kappa shape index (κ3) is 3.95. The minimum Gasteiger partial charge on any atom is -0.315 e. The molecule has 0 fully saturated rings. The number of carbonyl (C=O) groups excluding carboxylic acids is 1. The fourth-order valence-electron chi connectivity index (χ4n) is 3.87. The molecule has 0 bridgehead atoms. The molecule has 0 spiro atoms. The molecule has 0 saturated heterocycles. The van der Waals surface area contributed by atoms with Gasteiger partial charge in [0, 0.05) is 18.3 Å². The quantitative estimate of drug-likeness (QED) is 0.368. The standard InChI is InChI=1S/C26H24N6O2/c1-17-23(18(2)31(29-17)21-11-7-5-8-12-21)15-20(16-27)25(33)28-24-19(3)30(4)32(26(24)34)22-13-9-6-10-14-22/h5-15H,1-4H3,(H,28,33)/b20-15+. The Morgan fingerprint density at radius 2 is 1.56 bits per heavy atom. The molecule has 4 aromatic rings. The first-order valence-electron chi connectivity index (χ1n) is 10.7. The van der Waals surface area contributed by atoms with Crippen LogP contribution >= 0.6 is 0 Å². The highest BCUT2D eigenvalue weighted by atomic mass is 16.2. The Labute approximate surface area is 197 Å². The number of amides is 1. The largest absolute Gasteiger partial charge is 0.315 e. The number of anilines is 1. The third-order valence-corrected chi connectivity index (χ3v) is 5.79. The molecule has 0 saturated carbocycles. The van der Waals surface area contributed by atoms with Crippen molar-refractivity contribution in [2.45, 2.75) is 20.8 Å². The number of carbonyl (C=O) groups is 1. The monoisotopic (exact) mass is 452 g/mol. The molecule has 2 aromatic carbocycles. The lowest BCUT2D eigenvalue weighted by Gasteiger charge is -2.07. The number of nitrogens with one attached hydrogen (secondary N) is 1. The number of nitriles is 1. The van der Waals surface area contributed by atoms with E-state index >= 15 is 0 Å². The normalized spacial score (nSPS) is 11.3. The third-order valence-electron chi connectivity index (χ3n) is 5.79. The number of benzene rings is 2. The Bertz CT molecular complexity index is 1500. The maximum atomic E-state index is 13.1. The average molecular weight is 453 g/mol. The molecule has 8 heteroatoms. The Morgan fingerprint density at radius 1 is 0.971 bits per heavy atom. The number of rotatable bonds is 5. The summed E-state index contributed by atoms with van der Waals surface area (Å²) < 4.78 is 4.91. The Morgan fingerprint density at radius 3 is 2.15 bits per heavy atom. The van der Waals surface area contributed by atoms with Crippen molar-refractivity contribution in [2.24, 2.45) is 7.05 Å². The summed E-state index contributed by atoms with van der Waals surface area (Å²) in [4.78, 5) is 26.1. The van der Waals surface area contributed by atoms with Crippen LogP contribution in [0.3, 0.4) is 0 Å². The zero-order valence-electron chi connectivity index (χ0n) is 19.4. The average Bonchev–Trinajstić information content (AvgIpc) is 3.25. The zero-order valence-corrected chi connectivity index (χ0v) is 19.4. The topological polar surface area (TPSA) is 97.6 Å². The molecule has 170 valence electrons. The van der Waals surface area contributed by atoms with Gasteiger partial charge in [0.1, 0.15) is 17.3 Å². The van der Waals surface area contributed by atoms with Gasteiger partial charge in [0.2, 0.25) is 0 Å². The number of nitrogens with zero attached hydrogens (tertiary/aromatic N) is 5. The van der Waals surface area contributed by atoms with E-state index in [1.165, 1.54) is 10.8 Å². The van der Waals surface area contributed by atoms with Gasteiger partial charge in [-0.2, -0.15) is 10.4 Å². The van der Waals surface area contributed by atoms with E-state index < -0.39 is 5.91 Å². The lowest BCUT2D eigenvalue weighted by atomic mass is 10.1. The summed E-state index contributed by atoms with van der Waals surface area (Å²) in [5, 5.41) is 16.9. The van der Waals surface area contributed by atoms with Crippen LogP contribution in [-0.4, -0.2) is 25.1 Å².